The third-order valence-corrected chi connectivity index (χ3v) is 10.8. The van der Waals surface area contributed by atoms with Crippen molar-refractivity contribution in [3.05, 3.63) is 206 Å². The normalized spacial score (nSPS) is 11.3. The Bertz CT molecular complexity index is 3300. The van der Waals surface area contributed by atoms with Crippen molar-refractivity contribution < 1.29 is 4.42 Å². The van der Waals surface area contributed by atoms with Crippen molar-refractivity contribution in [2.45, 2.75) is 0 Å². The van der Waals surface area contributed by atoms with Crippen LogP contribution in [0.2, 0.25) is 0 Å². The Morgan fingerprint density at radius 3 is 1.26 bits per heavy atom. The van der Waals surface area contributed by atoms with E-state index in [1.165, 1.54) is 0 Å². The summed E-state index contributed by atoms with van der Waals surface area (Å²) in [6, 6.07) is 69.3. The van der Waals surface area contributed by atoms with Crippen LogP contribution < -0.4 is 0 Å². The van der Waals surface area contributed by atoms with Crippen molar-refractivity contribution in [1.29, 1.82) is 0 Å². The van der Waals surface area contributed by atoms with Crippen LogP contribution in [-0.4, -0.2) is 29.9 Å². The Morgan fingerprint density at radius 2 is 0.672 bits per heavy atom. The molecule has 0 aliphatic heterocycles. The van der Waals surface area contributed by atoms with Gasteiger partial charge in [-0.15, -0.1) is 0 Å². The first-order valence-corrected chi connectivity index (χ1v) is 20.1. The van der Waals surface area contributed by atoms with Crippen LogP contribution in [0.25, 0.3) is 113 Å². The molecule has 0 atom stereocenters. The molecule has 8 aromatic carbocycles. The van der Waals surface area contributed by atoms with E-state index in [2.05, 4.69) is 54.6 Å². The van der Waals surface area contributed by atoms with E-state index in [-0.39, 0.29) is 0 Å². The molecule has 0 radical (unpaired) electrons. The fraction of sp³-hybridized carbons (Fsp3) is 0. The second-order valence-electron chi connectivity index (χ2n) is 14.7. The number of aromatic nitrogens is 6. The van der Waals surface area contributed by atoms with Crippen LogP contribution >= 0.6 is 0 Å². The number of benzene rings is 8. The topological polar surface area (TPSA) is 90.5 Å². The van der Waals surface area contributed by atoms with Gasteiger partial charge in [0.2, 0.25) is 0 Å². The van der Waals surface area contributed by atoms with E-state index in [1.807, 2.05) is 152 Å². The maximum atomic E-state index is 6.39. The first-order chi connectivity index (χ1) is 30.2. The Kier molecular flexibility index (Phi) is 9.02. The molecule has 3 aromatic heterocycles. The van der Waals surface area contributed by atoms with E-state index in [9.17, 15) is 0 Å². The SMILES string of the molecule is c1ccc(-c2nc(-c3ccc(-c4cccc5oc6ccccc6c45)c(-c4nc(-c5ccccc5)nc(-c5ccccc5)n4)c3)nc(-c3ccccc3-c3ccccc3)n2)cc1. The molecule has 0 aliphatic carbocycles. The molecule has 0 N–H and O–H groups in total. The van der Waals surface area contributed by atoms with Crippen LogP contribution in [0.4, 0.5) is 0 Å². The maximum absolute atomic E-state index is 6.39. The summed E-state index contributed by atoms with van der Waals surface area (Å²) in [6.07, 6.45) is 0. The van der Waals surface area contributed by atoms with E-state index in [0.29, 0.717) is 34.9 Å². The lowest BCUT2D eigenvalue weighted by atomic mass is 9.93. The molecule has 11 aromatic rings. The molecule has 0 fully saturated rings. The van der Waals surface area contributed by atoms with Gasteiger partial charge >= 0.3 is 0 Å². The lowest BCUT2D eigenvalue weighted by Gasteiger charge is -2.15. The number of rotatable bonds is 8. The fourth-order valence-corrected chi connectivity index (χ4v) is 7.92. The molecule has 286 valence electrons. The van der Waals surface area contributed by atoms with Gasteiger partial charge in [-0.05, 0) is 40.5 Å². The number of hydrogen-bond donors (Lipinski definition) is 0. The minimum Gasteiger partial charge on any atom is -0.456 e. The molecular formula is C54H34N6O. The molecule has 0 bridgehead atoms. The first kappa shape index (κ1) is 35.7. The summed E-state index contributed by atoms with van der Waals surface area (Å²) < 4.78 is 6.39. The highest BCUT2D eigenvalue weighted by atomic mass is 16.3. The van der Waals surface area contributed by atoms with Gasteiger partial charge in [0, 0.05) is 44.2 Å². The smallest absolute Gasteiger partial charge is 0.164 e. The molecule has 3 heterocycles. The van der Waals surface area contributed by atoms with Crippen molar-refractivity contribution in [3.63, 3.8) is 0 Å². The van der Waals surface area contributed by atoms with Crippen LogP contribution in [0.15, 0.2) is 211 Å². The van der Waals surface area contributed by atoms with E-state index in [1.54, 1.807) is 0 Å². The summed E-state index contributed by atoms with van der Waals surface area (Å²) in [4.78, 5) is 31.0. The zero-order valence-corrected chi connectivity index (χ0v) is 32.7. The van der Waals surface area contributed by atoms with E-state index >= 15 is 0 Å². The average molecular weight is 783 g/mol. The summed E-state index contributed by atoms with van der Waals surface area (Å²) >= 11 is 0. The Balaban J connectivity index is 1.18. The van der Waals surface area contributed by atoms with E-state index in [4.69, 9.17) is 34.3 Å². The van der Waals surface area contributed by atoms with Crippen molar-refractivity contribution in [2.24, 2.45) is 0 Å². The second kappa shape index (κ2) is 15.4. The van der Waals surface area contributed by atoms with Crippen molar-refractivity contribution in [3.8, 4) is 90.6 Å². The average Bonchev–Trinajstić information content (AvgIpc) is 3.74. The molecule has 0 aliphatic rings. The zero-order chi connectivity index (χ0) is 40.5. The predicted octanol–water partition coefficient (Wildman–Crippen LogP) is 13.3. The Hall–Kier alpha value is -8.42. The van der Waals surface area contributed by atoms with Crippen LogP contribution in [-0.2, 0) is 0 Å². The molecule has 0 amide bonds. The third-order valence-electron chi connectivity index (χ3n) is 10.8. The summed E-state index contributed by atoms with van der Waals surface area (Å²) in [6.45, 7) is 0. The summed E-state index contributed by atoms with van der Waals surface area (Å²) in [5, 5.41) is 2.04. The molecule has 0 spiro atoms. The van der Waals surface area contributed by atoms with Crippen LogP contribution in [0.3, 0.4) is 0 Å². The number of hydrogen-bond acceptors (Lipinski definition) is 7. The highest BCUT2D eigenvalue weighted by molar-refractivity contribution is 6.13. The lowest BCUT2D eigenvalue weighted by molar-refractivity contribution is 0.669. The molecule has 61 heavy (non-hydrogen) atoms. The van der Waals surface area contributed by atoms with E-state index < -0.39 is 0 Å². The van der Waals surface area contributed by atoms with Crippen LogP contribution in [0.5, 0.6) is 0 Å². The zero-order valence-electron chi connectivity index (χ0n) is 32.7. The van der Waals surface area contributed by atoms with Crippen molar-refractivity contribution in [1.82, 2.24) is 29.9 Å². The van der Waals surface area contributed by atoms with Gasteiger partial charge in [-0.25, -0.2) is 29.9 Å². The molecule has 0 saturated heterocycles. The molecule has 0 unspecified atom stereocenters. The largest absolute Gasteiger partial charge is 0.456 e. The quantitative estimate of drug-likeness (QED) is 0.152. The van der Waals surface area contributed by atoms with Gasteiger partial charge in [0.15, 0.2) is 34.9 Å². The van der Waals surface area contributed by atoms with Gasteiger partial charge < -0.3 is 4.42 Å². The number of furan rings is 1. The van der Waals surface area contributed by atoms with Crippen LogP contribution in [0.1, 0.15) is 0 Å². The van der Waals surface area contributed by atoms with Crippen LogP contribution in [0, 0.1) is 0 Å². The number of nitrogens with zero attached hydrogens (tertiary/aromatic N) is 6. The molecule has 0 saturated carbocycles. The summed E-state index contributed by atoms with van der Waals surface area (Å²) in [7, 11) is 0. The lowest BCUT2D eigenvalue weighted by Crippen LogP contribution is -2.03. The van der Waals surface area contributed by atoms with Crippen molar-refractivity contribution >= 4 is 21.9 Å². The number of para-hydroxylation sites is 1. The van der Waals surface area contributed by atoms with Gasteiger partial charge in [-0.1, -0.05) is 188 Å². The third kappa shape index (κ3) is 6.80. The van der Waals surface area contributed by atoms with Gasteiger partial charge in [-0.2, -0.15) is 0 Å². The predicted molar refractivity (Wildman–Crippen MR) is 244 cm³/mol. The van der Waals surface area contributed by atoms with Gasteiger partial charge in [-0.3, -0.25) is 0 Å². The number of fused-ring (bicyclic) bond motifs is 3. The monoisotopic (exact) mass is 782 g/mol. The van der Waals surface area contributed by atoms with Gasteiger partial charge in [0.1, 0.15) is 11.2 Å². The summed E-state index contributed by atoms with van der Waals surface area (Å²) in [5.41, 5.74) is 10.8. The standard InChI is InChI=1S/C54H34N6O/c1-5-18-35(19-6-1)40-26-13-14-27-43(40)53-57-51(38-24-11-4-12-25-38)56-52(60-53)39-32-33-41(42-29-17-31-47-48(42)44-28-15-16-30-46(44)61-47)45(34-39)54-58-49(36-20-7-2-8-21-36)55-50(59-54)37-22-9-3-10-23-37/h1-34H. The Morgan fingerprint density at radius 1 is 0.246 bits per heavy atom. The summed E-state index contributed by atoms with van der Waals surface area (Å²) in [5.74, 6) is 3.31. The first-order valence-electron chi connectivity index (χ1n) is 20.1. The molecule has 7 heteroatoms. The minimum absolute atomic E-state index is 0.515. The van der Waals surface area contributed by atoms with Crippen molar-refractivity contribution in [2.75, 3.05) is 0 Å². The fourth-order valence-electron chi connectivity index (χ4n) is 7.92. The highest BCUT2D eigenvalue weighted by Crippen LogP contribution is 2.42. The molecule has 7 nitrogen and oxygen atoms in total. The highest BCUT2D eigenvalue weighted by Gasteiger charge is 2.22. The molecular weight excluding hydrogens is 749 g/mol. The Labute approximate surface area is 351 Å². The second-order valence-corrected chi connectivity index (χ2v) is 14.7. The van der Waals surface area contributed by atoms with Gasteiger partial charge in [0.05, 0.1) is 0 Å². The van der Waals surface area contributed by atoms with Gasteiger partial charge in [0.25, 0.3) is 0 Å². The molecule has 11 rings (SSSR count). The maximum Gasteiger partial charge on any atom is 0.164 e. The minimum atomic E-state index is 0.515. The van der Waals surface area contributed by atoms with E-state index in [0.717, 1.165) is 77.6 Å².